The molecule has 1 aliphatic rings. The van der Waals surface area contributed by atoms with E-state index in [9.17, 15) is 9.59 Å². The summed E-state index contributed by atoms with van der Waals surface area (Å²) >= 11 is 6.17. The number of unbranched alkanes of at least 4 members (excludes halogenated alkanes) is 2. The lowest BCUT2D eigenvalue weighted by molar-refractivity contribution is -0.125. The number of nitriles is 1. The lowest BCUT2D eigenvalue weighted by atomic mass is 9.86. The van der Waals surface area contributed by atoms with E-state index in [0.29, 0.717) is 23.4 Å². The van der Waals surface area contributed by atoms with Crippen molar-refractivity contribution in [3.8, 4) is 6.07 Å². The van der Waals surface area contributed by atoms with Crippen LogP contribution in [0.15, 0.2) is 18.2 Å². The van der Waals surface area contributed by atoms with Crippen LogP contribution in [0.3, 0.4) is 0 Å². The molecule has 7 nitrogen and oxygen atoms in total. The van der Waals surface area contributed by atoms with E-state index < -0.39 is 17.4 Å². The van der Waals surface area contributed by atoms with Gasteiger partial charge >= 0.3 is 0 Å². The molecule has 1 aliphatic carbocycles. The van der Waals surface area contributed by atoms with Gasteiger partial charge in [0.05, 0.1) is 11.6 Å². The van der Waals surface area contributed by atoms with Gasteiger partial charge in [0.2, 0.25) is 5.91 Å². The van der Waals surface area contributed by atoms with Gasteiger partial charge in [-0.05, 0) is 49.3 Å². The molecule has 0 radical (unpaired) electrons. The molecule has 8 heteroatoms. The van der Waals surface area contributed by atoms with E-state index in [-0.39, 0.29) is 17.6 Å². The van der Waals surface area contributed by atoms with Crippen LogP contribution >= 0.6 is 11.6 Å². The van der Waals surface area contributed by atoms with E-state index in [2.05, 4.69) is 21.8 Å². The van der Waals surface area contributed by atoms with Crippen LogP contribution in [0, 0.1) is 16.7 Å². The third kappa shape index (κ3) is 5.31. The highest BCUT2D eigenvalue weighted by atomic mass is 35.5. The number of amides is 2. The number of hydrogen-bond acceptors (Lipinski definition) is 4. The zero-order valence-corrected chi connectivity index (χ0v) is 18.4. The maximum Gasteiger partial charge on any atom is 0.273 e. The lowest BCUT2D eigenvalue weighted by Crippen LogP contribution is -2.54. The van der Waals surface area contributed by atoms with Crippen LogP contribution < -0.4 is 10.6 Å². The summed E-state index contributed by atoms with van der Waals surface area (Å²) in [7, 11) is 0. The quantitative estimate of drug-likeness (QED) is 0.623. The van der Waals surface area contributed by atoms with Gasteiger partial charge in [0.1, 0.15) is 6.04 Å². The Morgan fingerprint density at radius 1 is 1.33 bits per heavy atom. The minimum absolute atomic E-state index is 0.170. The lowest BCUT2D eigenvalue weighted by Gasteiger charge is -2.30. The molecule has 1 saturated carbocycles. The SMILES string of the molecule is CC(C)(C)[C@H](NC(=O)c1nn(CCCCC#N)c2ccc(Cl)cc12)C(=O)NC1CC1. The summed E-state index contributed by atoms with van der Waals surface area (Å²) in [5.41, 5.74) is 0.597. The van der Waals surface area contributed by atoms with Crippen molar-refractivity contribution in [2.45, 2.75) is 71.5 Å². The first kappa shape index (κ1) is 22.1. The predicted molar refractivity (Wildman–Crippen MR) is 116 cm³/mol. The van der Waals surface area contributed by atoms with E-state index in [0.717, 1.165) is 31.2 Å². The standard InChI is InChI=1S/C22H28ClN5O2/c1-22(2,3)19(21(30)25-15-8-9-15)26-20(29)18-16-13-14(23)7-10-17(16)28(27-18)12-6-4-5-11-24/h7,10,13,15,19H,4-6,8-9,12H2,1-3H3,(H,25,30)(H,26,29)/t19-/m1/s1. The molecular formula is C22H28ClN5O2. The molecule has 1 atom stereocenters. The Kier molecular flexibility index (Phi) is 6.67. The van der Waals surface area contributed by atoms with Crippen LogP contribution in [-0.4, -0.2) is 33.7 Å². The normalized spacial score (nSPS) is 14.9. The van der Waals surface area contributed by atoms with Crippen LogP contribution in [0.4, 0.5) is 0 Å². The van der Waals surface area contributed by atoms with Crippen molar-refractivity contribution in [3.05, 3.63) is 28.9 Å². The minimum Gasteiger partial charge on any atom is -0.352 e. The van der Waals surface area contributed by atoms with Gasteiger partial charge in [0.25, 0.3) is 5.91 Å². The molecular weight excluding hydrogens is 402 g/mol. The van der Waals surface area contributed by atoms with Gasteiger partial charge in [0, 0.05) is 29.4 Å². The fourth-order valence-electron chi connectivity index (χ4n) is 3.34. The summed E-state index contributed by atoms with van der Waals surface area (Å²) in [5, 5.41) is 20.3. The van der Waals surface area contributed by atoms with Crippen LogP contribution in [0.2, 0.25) is 5.02 Å². The molecule has 3 rings (SSSR count). The Bertz CT molecular complexity index is 982. The van der Waals surface area contributed by atoms with Crippen LogP contribution in [0.25, 0.3) is 10.9 Å². The van der Waals surface area contributed by atoms with Crippen molar-refractivity contribution >= 4 is 34.3 Å². The Balaban J connectivity index is 1.86. The number of hydrogen-bond donors (Lipinski definition) is 2. The van der Waals surface area contributed by atoms with Gasteiger partial charge in [-0.3, -0.25) is 14.3 Å². The van der Waals surface area contributed by atoms with Gasteiger partial charge in [-0.1, -0.05) is 32.4 Å². The number of aryl methyl sites for hydroxylation is 1. The predicted octanol–water partition coefficient (Wildman–Crippen LogP) is 3.81. The van der Waals surface area contributed by atoms with Gasteiger partial charge in [-0.25, -0.2) is 0 Å². The van der Waals surface area contributed by atoms with Gasteiger partial charge in [0.15, 0.2) is 5.69 Å². The highest BCUT2D eigenvalue weighted by Crippen LogP contribution is 2.26. The maximum atomic E-state index is 13.2. The number of carbonyl (C=O) groups excluding carboxylic acids is 2. The third-order valence-corrected chi connectivity index (χ3v) is 5.40. The van der Waals surface area contributed by atoms with Crippen LogP contribution in [0.5, 0.6) is 0 Å². The summed E-state index contributed by atoms with van der Waals surface area (Å²) in [6, 6.07) is 7.00. The van der Waals surface area contributed by atoms with Crippen LogP contribution in [0.1, 0.15) is 63.4 Å². The van der Waals surface area contributed by atoms with Crippen LogP contribution in [-0.2, 0) is 11.3 Å². The molecule has 0 spiro atoms. The van der Waals surface area contributed by atoms with Crippen molar-refractivity contribution in [2.24, 2.45) is 5.41 Å². The Labute approximate surface area is 181 Å². The zero-order valence-electron chi connectivity index (χ0n) is 17.7. The fraction of sp³-hybridized carbons (Fsp3) is 0.545. The zero-order chi connectivity index (χ0) is 21.9. The van der Waals surface area contributed by atoms with Crippen molar-refractivity contribution in [2.75, 3.05) is 0 Å². The number of fused-ring (bicyclic) bond motifs is 1. The van der Waals surface area contributed by atoms with E-state index in [4.69, 9.17) is 16.9 Å². The summed E-state index contributed by atoms with van der Waals surface area (Å²) in [4.78, 5) is 25.9. The third-order valence-electron chi connectivity index (χ3n) is 5.16. The number of rotatable bonds is 8. The van der Waals surface area contributed by atoms with Gasteiger partial charge in [-0.15, -0.1) is 0 Å². The molecule has 0 bridgehead atoms. The van der Waals surface area contributed by atoms with Gasteiger partial charge < -0.3 is 10.6 Å². The first-order valence-electron chi connectivity index (χ1n) is 10.3. The highest BCUT2D eigenvalue weighted by molar-refractivity contribution is 6.31. The molecule has 2 amide bonds. The molecule has 1 aromatic carbocycles. The Hall–Kier alpha value is -2.59. The second kappa shape index (κ2) is 9.05. The second-order valence-electron chi connectivity index (χ2n) is 8.90. The van der Waals surface area contributed by atoms with Crippen molar-refractivity contribution in [1.29, 1.82) is 5.26 Å². The molecule has 0 aliphatic heterocycles. The molecule has 0 saturated heterocycles. The average Bonchev–Trinajstić information content (AvgIpc) is 3.41. The van der Waals surface area contributed by atoms with Crippen molar-refractivity contribution in [3.63, 3.8) is 0 Å². The number of benzene rings is 1. The smallest absolute Gasteiger partial charge is 0.273 e. The first-order valence-corrected chi connectivity index (χ1v) is 10.7. The molecule has 1 heterocycles. The van der Waals surface area contributed by atoms with E-state index >= 15 is 0 Å². The molecule has 1 aromatic heterocycles. The number of nitrogens with one attached hydrogen (secondary N) is 2. The monoisotopic (exact) mass is 429 g/mol. The number of halogens is 1. The molecule has 0 unspecified atom stereocenters. The molecule has 2 aromatic rings. The summed E-state index contributed by atoms with van der Waals surface area (Å²) in [6.07, 6.45) is 4.00. The highest BCUT2D eigenvalue weighted by Gasteiger charge is 2.36. The molecule has 30 heavy (non-hydrogen) atoms. The van der Waals surface area contributed by atoms with Crippen molar-refractivity contribution < 1.29 is 9.59 Å². The minimum atomic E-state index is -0.680. The number of aromatic nitrogens is 2. The second-order valence-corrected chi connectivity index (χ2v) is 9.34. The summed E-state index contributed by atoms with van der Waals surface area (Å²) in [5.74, 6) is -0.569. The number of carbonyl (C=O) groups is 2. The largest absolute Gasteiger partial charge is 0.352 e. The topological polar surface area (TPSA) is 99.8 Å². The first-order chi connectivity index (χ1) is 14.2. The van der Waals surface area contributed by atoms with Gasteiger partial charge in [-0.2, -0.15) is 10.4 Å². The van der Waals surface area contributed by atoms with E-state index in [1.807, 2.05) is 26.8 Å². The molecule has 2 N–H and O–H groups in total. The fourth-order valence-corrected chi connectivity index (χ4v) is 3.51. The summed E-state index contributed by atoms with van der Waals surface area (Å²) in [6.45, 7) is 6.37. The maximum absolute atomic E-state index is 13.2. The van der Waals surface area contributed by atoms with E-state index in [1.54, 1.807) is 16.8 Å². The number of nitrogens with zero attached hydrogens (tertiary/aromatic N) is 3. The van der Waals surface area contributed by atoms with E-state index in [1.165, 1.54) is 0 Å². The molecule has 1 fully saturated rings. The van der Waals surface area contributed by atoms with Crippen molar-refractivity contribution in [1.82, 2.24) is 20.4 Å². The summed E-state index contributed by atoms with van der Waals surface area (Å²) < 4.78 is 1.77. The Morgan fingerprint density at radius 3 is 2.70 bits per heavy atom. The Morgan fingerprint density at radius 2 is 2.07 bits per heavy atom. The molecule has 160 valence electrons. The average molecular weight is 430 g/mol.